The fourth-order valence-electron chi connectivity index (χ4n) is 3.03. The van der Waals surface area contributed by atoms with Gasteiger partial charge in [-0.15, -0.1) is 0 Å². The van der Waals surface area contributed by atoms with Crippen LogP contribution in [0.3, 0.4) is 0 Å². The number of hydrogen-bond donors (Lipinski definition) is 0. The zero-order valence-corrected chi connectivity index (χ0v) is 11.0. The molecule has 2 aliphatic rings. The maximum Gasteiger partial charge on any atom is 0.308 e. The van der Waals surface area contributed by atoms with Gasteiger partial charge in [0.25, 0.3) is 0 Å². The van der Waals surface area contributed by atoms with Crippen LogP contribution in [-0.2, 0) is 9.53 Å². The van der Waals surface area contributed by atoms with Crippen LogP contribution >= 0.6 is 0 Å². The van der Waals surface area contributed by atoms with E-state index in [0.29, 0.717) is 0 Å². The molecule has 0 unspecified atom stereocenters. The van der Waals surface area contributed by atoms with E-state index in [4.69, 9.17) is 4.74 Å². The summed E-state index contributed by atoms with van der Waals surface area (Å²) in [5, 5.41) is 0. The van der Waals surface area contributed by atoms with Gasteiger partial charge in [-0.1, -0.05) is 0 Å². The Hall–Kier alpha value is -0.610. The fraction of sp³-hybridized carbons (Fsp3) is 0.923. The first-order valence-corrected chi connectivity index (χ1v) is 6.71. The average molecular weight is 240 g/mol. The molecule has 2 aliphatic heterocycles. The van der Waals surface area contributed by atoms with E-state index >= 15 is 0 Å². The smallest absolute Gasteiger partial charge is 0.308 e. The SMILES string of the molecule is COC(=O)C1CCN(C2CCN(C)CC2)CC1. The zero-order chi connectivity index (χ0) is 12.3. The Balaban J connectivity index is 1.77. The number of hydrogen-bond acceptors (Lipinski definition) is 4. The molecule has 0 saturated carbocycles. The molecule has 98 valence electrons. The van der Waals surface area contributed by atoms with Gasteiger partial charge in [-0.3, -0.25) is 4.79 Å². The predicted molar refractivity (Wildman–Crippen MR) is 66.8 cm³/mol. The lowest BCUT2D eigenvalue weighted by Crippen LogP contribution is -2.47. The molecule has 2 saturated heterocycles. The van der Waals surface area contributed by atoms with Crippen molar-refractivity contribution >= 4 is 5.97 Å². The number of carbonyl (C=O) groups is 1. The molecule has 0 spiro atoms. The molecule has 0 aromatic rings. The second-order valence-electron chi connectivity index (χ2n) is 5.37. The summed E-state index contributed by atoms with van der Waals surface area (Å²) in [7, 11) is 3.69. The Labute approximate surface area is 104 Å². The summed E-state index contributed by atoms with van der Waals surface area (Å²) < 4.78 is 4.82. The van der Waals surface area contributed by atoms with Crippen molar-refractivity contribution in [1.82, 2.24) is 9.80 Å². The molecule has 0 radical (unpaired) electrons. The lowest BCUT2D eigenvalue weighted by molar-refractivity contribution is -0.147. The van der Waals surface area contributed by atoms with Crippen molar-refractivity contribution in [3.05, 3.63) is 0 Å². The first kappa shape index (κ1) is 12.8. The van der Waals surface area contributed by atoms with Gasteiger partial charge in [-0.2, -0.15) is 0 Å². The van der Waals surface area contributed by atoms with E-state index in [9.17, 15) is 4.79 Å². The quantitative estimate of drug-likeness (QED) is 0.673. The van der Waals surface area contributed by atoms with Crippen molar-refractivity contribution < 1.29 is 9.53 Å². The highest BCUT2D eigenvalue weighted by molar-refractivity contribution is 5.72. The molecule has 0 aliphatic carbocycles. The number of methoxy groups -OCH3 is 1. The van der Waals surface area contributed by atoms with Crippen LogP contribution in [0, 0.1) is 5.92 Å². The minimum atomic E-state index is -0.0203. The van der Waals surface area contributed by atoms with Gasteiger partial charge >= 0.3 is 5.97 Å². The van der Waals surface area contributed by atoms with Gasteiger partial charge in [0.05, 0.1) is 13.0 Å². The zero-order valence-electron chi connectivity index (χ0n) is 11.0. The molecule has 0 aromatic carbocycles. The highest BCUT2D eigenvalue weighted by Gasteiger charge is 2.30. The molecule has 17 heavy (non-hydrogen) atoms. The van der Waals surface area contributed by atoms with Crippen LogP contribution in [0.5, 0.6) is 0 Å². The third-order valence-corrected chi connectivity index (χ3v) is 4.27. The number of likely N-dealkylation sites (tertiary alicyclic amines) is 2. The highest BCUT2D eigenvalue weighted by atomic mass is 16.5. The van der Waals surface area contributed by atoms with Gasteiger partial charge in [-0.05, 0) is 58.9 Å². The molecular weight excluding hydrogens is 216 g/mol. The highest BCUT2D eigenvalue weighted by Crippen LogP contribution is 2.24. The Kier molecular flexibility index (Phi) is 4.40. The van der Waals surface area contributed by atoms with Gasteiger partial charge in [-0.25, -0.2) is 0 Å². The molecule has 2 fully saturated rings. The third-order valence-electron chi connectivity index (χ3n) is 4.27. The molecule has 2 heterocycles. The standard InChI is InChI=1S/C13H24N2O2/c1-14-7-5-12(6-8-14)15-9-3-11(4-10-15)13(16)17-2/h11-12H,3-10H2,1-2H3. The normalized spacial score (nSPS) is 26.0. The van der Waals surface area contributed by atoms with E-state index in [1.165, 1.54) is 33.0 Å². The van der Waals surface area contributed by atoms with Crippen molar-refractivity contribution in [3.63, 3.8) is 0 Å². The van der Waals surface area contributed by atoms with Gasteiger partial charge in [0.1, 0.15) is 0 Å². The van der Waals surface area contributed by atoms with Crippen LogP contribution in [0.1, 0.15) is 25.7 Å². The molecule has 0 amide bonds. The monoisotopic (exact) mass is 240 g/mol. The molecule has 4 heteroatoms. The minimum Gasteiger partial charge on any atom is -0.469 e. The van der Waals surface area contributed by atoms with Crippen molar-refractivity contribution in [2.45, 2.75) is 31.7 Å². The molecule has 2 rings (SSSR count). The van der Waals surface area contributed by atoms with E-state index in [1.807, 2.05) is 0 Å². The summed E-state index contributed by atoms with van der Waals surface area (Å²) in [6.07, 6.45) is 4.50. The topological polar surface area (TPSA) is 32.8 Å². The second kappa shape index (κ2) is 5.83. The summed E-state index contributed by atoms with van der Waals surface area (Å²) in [5.74, 6) is 0.121. The van der Waals surface area contributed by atoms with Gasteiger partial charge in [0.2, 0.25) is 0 Å². The van der Waals surface area contributed by atoms with E-state index in [-0.39, 0.29) is 11.9 Å². The third kappa shape index (κ3) is 3.19. The van der Waals surface area contributed by atoms with E-state index in [0.717, 1.165) is 32.0 Å². The minimum absolute atomic E-state index is 0.0203. The van der Waals surface area contributed by atoms with Gasteiger partial charge in [0, 0.05) is 6.04 Å². The number of ether oxygens (including phenoxy) is 1. The first-order chi connectivity index (χ1) is 8.20. The van der Waals surface area contributed by atoms with Gasteiger partial charge in [0.15, 0.2) is 0 Å². The van der Waals surface area contributed by atoms with Crippen LogP contribution in [0.15, 0.2) is 0 Å². The fourth-order valence-corrected chi connectivity index (χ4v) is 3.03. The lowest BCUT2D eigenvalue weighted by Gasteiger charge is -2.40. The van der Waals surface area contributed by atoms with E-state index in [1.54, 1.807) is 0 Å². The van der Waals surface area contributed by atoms with Crippen LogP contribution in [0.25, 0.3) is 0 Å². The Morgan fingerprint density at radius 1 is 1.06 bits per heavy atom. The van der Waals surface area contributed by atoms with Crippen molar-refractivity contribution in [1.29, 1.82) is 0 Å². The summed E-state index contributed by atoms with van der Waals surface area (Å²) in [6.45, 7) is 4.55. The maximum absolute atomic E-state index is 11.4. The summed E-state index contributed by atoms with van der Waals surface area (Å²) in [5.41, 5.74) is 0. The summed E-state index contributed by atoms with van der Waals surface area (Å²) in [4.78, 5) is 16.4. The Bertz CT molecular complexity index is 254. The van der Waals surface area contributed by atoms with Gasteiger partial charge < -0.3 is 14.5 Å². The number of carbonyl (C=O) groups excluding carboxylic acids is 1. The van der Waals surface area contributed by atoms with Crippen LogP contribution in [0.2, 0.25) is 0 Å². The Morgan fingerprint density at radius 2 is 1.65 bits per heavy atom. The Morgan fingerprint density at radius 3 is 2.18 bits per heavy atom. The van der Waals surface area contributed by atoms with Crippen LogP contribution < -0.4 is 0 Å². The van der Waals surface area contributed by atoms with Crippen molar-refractivity contribution in [2.24, 2.45) is 5.92 Å². The summed E-state index contributed by atoms with van der Waals surface area (Å²) in [6, 6.07) is 0.741. The molecule has 4 nitrogen and oxygen atoms in total. The maximum atomic E-state index is 11.4. The number of rotatable bonds is 2. The lowest BCUT2D eigenvalue weighted by atomic mass is 9.93. The largest absolute Gasteiger partial charge is 0.469 e. The first-order valence-electron chi connectivity index (χ1n) is 6.71. The number of nitrogens with zero attached hydrogens (tertiary/aromatic N) is 2. The molecule has 0 bridgehead atoms. The van der Waals surface area contributed by atoms with Crippen LogP contribution in [-0.4, -0.2) is 62.1 Å². The summed E-state index contributed by atoms with van der Waals surface area (Å²) >= 11 is 0. The van der Waals surface area contributed by atoms with Crippen molar-refractivity contribution in [2.75, 3.05) is 40.3 Å². The molecule has 0 atom stereocenters. The predicted octanol–water partition coefficient (Wildman–Crippen LogP) is 0.966. The molecule has 0 N–H and O–H groups in total. The molecule has 0 aromatic heterocycles. The van der Waals surface area contributed by atoms with Crippen molar-refractivity contribution in [3.8, 4) is 0 Å². The van der Waals surface area contributed by atoms with E-state index in [2.05, 4.69) is 16.8 Å². The second-order valence-corrected chi connectivity index (χ2v) is 5.37. The van der Waals surface area contributed by atoms with Crippen LogP contribution in [0.4, 0.5) is 0 Å². The number of piperidine rings is 2. The number of esters is 1. The van der Waals surface area contributed by atoms with E-state index < -0.39 is 0 Å². The molecular formula is C13H24N2O2. The average Bonchev–Trinajstić information content (AvgIpc) is 2.39.